The number of hydrogen-bond donors (Lipinski definition) is 2. The molecule has 2 aliphatic heterocycles. The van der Waals surface area contributed by atoms with Crippen molar-refractivity contribution >= 4 is 28.3 Å². The maximum absolute atomic E-state index is 12.7. The zero-order valence-corrected chi connectivity index (χ0v) is 17.2. The first-order chi connectivity index (χ1) is 12.5. The third-order valence-electron chi connectivity index (χ3n) is 5.45. The van der Waals surface area contributed by atoms with E-state index in [0.717, 1.165) is 39.0 Å². The van der Waals surface area contributed by atoms with E-state index in [4.69, 9.17) is 4.74 Å². The Bertz CT molecular complexity index is 723. The number of carbonyl (C=O) groups is 1. The van der Waals surface area contributed by atoms with E-state index >= 15 is 0 Å². The number of sulfonamides is 1. The molecule has 9 heteroatoms. The Morgan fingerprint density at radius 2 is 1.89 bits per heavy atom. The first-order valence-electron chi connectivity index (χ1n) is 9.04. The molecule has 1 amide bonds. The van der Waals surface area contributed by atoms with Crippen molar-refractivity contribution in [1.82, 2.24) is 14.9 Å². The van der Waals surface area contributed by atoms with E-state index in [2.05, 4.69) is 10.0 Å². The summed E-state index contributed by atoms with van der Waals surface area (Å²) >= 11 is 0. The van der Waals surface area contributed by atoms with Crippen molar-refractivity contribution in [2.75, 3.05) is 46.4 Å². The molecule has 0 aromatic heterocycles. The first kappa shape index (κ1) is 22.1. The summed E-state index contributed by atoms with van der Waals surface area (Å²) in [5.41, 5.74) is 0.893. The van der Waals surface area contributed by atoms with E-state index in [0.29, 0.717) is 17.6 Å². The van der Waals surface area contributed by atoms with Gasteiger partial charge in [0.25, 0.3) is 5.91 Å². The Hall–Kier alpha value is -1.19. The lowest BCUT2D eigenvalue weighted by atomic mass is 9.78. The molecule has 3 rings (SSSR count). The van der Waals surface area contributed by atoms with Gasteiger partial charge in [0.1, 0.15) is 0 Å². The van der Waals surface area contributed by atoms with E-state index < -0.39 is 10.0 Å². The monoisotopic (exact) mass is 417 g/mol. The molecule has 0 saturated carbocycles. The van der Waals surface area contributed by atoms with Gasteiger partial charge >= 0.3 is 0 Å². The van der Waals surface area contributed by atoms with Crippen LogP contribution in [0.5, 0.6) is 0 Å². The highest BCUT2D eigenvalue weighted by atomic mass is 35.5. The number of carbonyl (C=O) groups excluding carboxylic acids is 1. The van der Waals surface area contributed by atoms with Gasteiger partial charge in [-0.3, -0.25) is 4.79 Å². The fourth-order valence-corrected chi connectivity index (χ4v) is 4.74. The molecule has 152 valence electrons. The van der Waals surface area contributed by atoms with Gasteiger partial charge in [0, 0.05) is 38.9 Å². The van der Waals surface area contributed by atoms with Gasteiger partial charge in [0.15, 0.2) is 0 Å². The van der Waals surface area contributed by atoms with Crippen LogP contribution in [-0.2, 0) is 14.8 Å². The third kappa shape index (κ3) is 5.20. The Balaban J connectivity index is 0.00000261. The number of methoxy groups -OCH3 is 1. The molecule has 0 unspecified atom stereocenters. The first-order valence-corrected chi connectivity index (χ1v) is 10.5. The summed E-state index contributed by atoms with van der Waals surface area (Å²) < 4.78 is 31.6. The van der Waals surface area contributed by atoms with E-state index in [1.807, 2.05) is 4.90 Å². The zero-order chi connectivity index (χ0) is 18.6. The zero-order valence-electron chi connectivity index (χ0n) is 15.6. The summed E-state index contributed by atoms with van der Waals surface area (Å²) in [6.07, 6.45) is 3.25. The van der Waals surface area contributed by atoms with Gasteiger partial charge in [0.05, 0.1) is 11.5 Å². The number of likely N-dealkylation sites (tertiary alicyclic amines) is 1. The van der Waals surface area contributed by atoms with Crippen molar-refractivity contribution < 1.29 is 17.9 Å². The predicted octanol–water partition coefficient (Wildman–Crippen LogP) is 1.25. The van der Waals surface area contributed by atoms with Crippen molar-refractivity contribution in [3.05, 3.63) is 29.8 Å². The number of nitrogens with one attached hydrogen (secondary N) is 2. The van der Waals surface area contributed by atoms with Crippen LogP contribution < -0.4 is 10.0 Å². The van der Waals surface area contributed by atoms with E-state index in [1.54, 1.807) is 12.1 Å². The molecule has 0 bridgehead atoms. The maximum atomic E-state index is 12.7. The lowest BCUT2D eigenvalue weighted by Gasteiger charge is -2.38. The molecule has 1 spiro atoms. The maximum Gasteiger partial charge on any atom is 0.253 e. The minimum absolute atomic E-state index is 0. The van der Waals surface area contributed by atoms with E-state index in [9.17, 15) is 13.2 Å². The van der Waals surface area contributed by atoms with Crippen LogP contribution in [0.1, 0.15) is 29.6 Å². The quantitative estimate of drug-likeness (QED) is 0.680. The smallest absolute Gasteiger partial charge is 0.253 e. The highest BCUT2D eigenvalue weighted by Gasteiger charge is 2.38. The minimum atomic E-state index is -3.58. The summed E-state index contributed by atoms with van der Waals surface area (Å²) in [7, 11) is -2.06. The van der Waals surface area contributed by atoms with E-state index in [1.165, 1.54) is 25.7 Å². The molecule has 2 heterocycles. The number of benzene rings is 1. The molecule has 1 aromatic rings. The van der Waals surface area contributed by atoms with Crippen molar-refractivity contribution in [1.29, 1.82) is 0 Å². The standard InChI is InChI=1S/C18H27N3O4S.ClH/c1-25-13-10-20-26(23,24)16-4-2-15(3-5-16)17(22)21-11-7-18(8-12-21)6-9-19-14-18;/h2-5,19-20H,6-14H2,1H3;1H. The summed E-state index contributed by atoms with van der Waals surface area (Å²) in [6, 6.07) is 6.15. The summed E-state index contributed by atoms with van der Waals surface area (Å²) in [5, 5.41) is 3.42. The number of ether oxygens (including phenoxy) is 1. The lowest BCUT2D eigenvalue weighted by Crippen LogP contribution is -2.44. The fourth-order valence-electron chi connectivity index (χ4n) is 3.73. The van der Waals surface area contributed by atoms with Crippen LogP contribution in [0.2, 0.25) is 0 Å². The predicted molar refractivity (Wildman–Crippen MR) is 106 cm³/mol. The van der Waals surface area contributed by atoms with Gasteiger partial charge in [-0.2, -0.15) is 0 Å². The molecule has 0 atom stereocenters. The van der Waals surface area contributed by atoms with Crippen molar-refractivity contribution in [3.8, 4) is 0 Å². The Morgan fingerprint density at radius 1 is 1.22 bits per heavy atom. The van der Waals surface area contributed by atoms with Crippen LogP contribution in [0.3, 0.4) is 0 Å². The van der Waals surface area contributed by atoms with Crippen LogP contribution in [0.4, 0.5) is 0 Å². The van der Waals surface area contributed by atoms with Crippen molar-refractivity contribution in [2.45, 2.75) is 24.2 Å². The topological polar surface area (TPSA) is 87.7 Å². The number of amides is 1. The van der Waals surface area contributed by atoms with Crippen LogP contribution in [0.25, 0.3) is 0 Å². The molecule has 2 N–H and O–H groups in total. The van der Waals surface area contributed by atoms with Crippen LogP contribution in [-0.4, -0.2) is 65.7 Å². The second kappa shape index (κ2) is 9.34. The molecule has 0 radical (unpaired) electrons. The Labute approximate surface area is 167 Å². The van der Waals surface area contributed by atoms with E-state index in [-0.39, 0.29) is 29.8 Å². The summed E-state index contributed by atoms with van der Waals surface area (Å²) in [6.45, 7) is 4.17. The number of nitrogens with zero attached hydrogens (tertiary/aromatic N) is 1. The number of hydrogen-bond acceptors (Lipinski definition) is 5. The number of piperidine rings is 1. The molecule has 0 aliphatic carbocycles. The normalized spacial score (nSPS) is 19.1. The highest BCUT2D eigenvalue weighted by molar-refractivity contribution is 7.89. The van der Waals surface area contributed by atoms with Crippen molar-refractivity contribution in [2.24, 2.45) is 5.41 Å². The molecule has 2 saturated heterocycles. The van der Waals surface area contributed by atoms with Crippen molar-refractivity contribution in [3.63, 3.8) is 0 Å². The third-order valence-corrected chi connectivity index (χ3v) is 6.93. The molecule has 7 nitrogen and oxygen atoms in total. The average Bonchev–Trinajstić information content (AvgIpc) is 3.10. The molecule has 2 fully saturated rings. The van der Waals surface area contributed by atoms with Gasteiger partial charge in [-0.1, -0.05) is 0 Å². The summed E-state index contributed by atoms with van der Waals surface area (Å²) in [5.74, 6) is -0.0258. The van der Waals surface area contributed by atoms with Gasteiger partial charge in [-0.15, -0.1) is 12.4 Å². The number of halogens is 1. The fraction of sp³-hybridized carbons (Fsp3) is 0.611. The molecule has 2 aliphatic rings. The molecular formula is C18H28ClN3O4S. The van der Waals surface area contributed by atoms with Gasteiger partial charge in [0.2, 0.25) is 10.0 Å². The van der Waals surface area contributed by atoms with Crippen LogP contribution >= 0.6 is 12.4 Å². The second-order valence-electron chi connectivity index (χ2n) is 7.13. The Kier molecular flexibility index (Phi) is 7.64. The lowest BCUT2D eigenvalue weighted by molar-refractivity contribution is 0.0607. The highest BCUT2D eigenvalue weighted by Crippen LogP contribution is 2.37. The SMILES string of the molecule is COCCNS(=O)(=O)c1ccc(C(=O)N2CCC3(CCNC3)CC2)cc1.Cl. The van der Waals surface area contributed by atoms with Gasteiger partial charge < -0.3 is 15.0 Å². The van der Waals surface area contributed by atoms with Gasteiger partial charge in [-0.05, 0) is 55.5 Å². The molecule has 1 aromatic carbocycles. The summed E-state index contributed by atoms with van der Waals surface area (Å²) in [4.78, 5) is 14.7. The molecular weight excluding hydrogens is 390 g/mol. The minimum Gasteiger partial charge on any atom is -0.383 e. The largest absolute Gasteiger partial charge is 0.383 e. The average molecular weight is 418 g/mol. The second-order valence-corrected chi connectivity index (χ2v) is 8.90. The van der Waals surface area contributed by atoms with Crippen LogP contribution in [0.15, 0.2) is 29.2 Å². The number of rotatable bonds is 6. The van der Waals surface area contributed by atoms with Crippen LogP contribution in [0, 0.1) is 5.41 Å². The molecule has 27 heavy (non-hydrogen) atoms. The van der Waals surface area contributed by atoms with Gasteiger partial charge in [-0.25, -0.2) is 13.1 Å². The Morgan fingerprint density at radius 3 is 2.44 bits per heavy atom.